The second kappa shape index (κ2) is 4.95. The fraction of sp³-hybridized carbons (Fsp3) is 0.857. The van der Waals surface area contributed by atoms with Crippen molar-refractivity contribution in [1.82, 2.24) is 0 Å². The third kappa shape index (κ3) is 3.06. The molecule has 0 bridgehead atoms. The lowest BCUT2D eigenvalue weighted by molar-refractivity contribution is -0.0195. The Morgan fingerprint density at radius 2 is 2.25 bits per heavy atom. The van der Waals surface area contributed by atoms with Gasteiger partial charge in [0.25, 0.3) is 0 Å². The number of hydrogen-bond acceptors (Lipinski definition) is 4. The fourth-order valence-electron chi connectivity index (χ4n) is 1.07. The van der Waals surface area contributed by atoms with Crippen LogP contribution in [0.4, 0.5) is 0 Å². The maximum Gasteiger partial charge on any atom is 0.165 e. The van der Waals surface area contributed by atoms with Gasteiger partial charge in [-0.1, -0.05) is 5.16 Å². The number of nitrogens with two attached hydrogens (primary N) is 1. The molecule has 3 N–H and O–H groups in total. The number of nitrogens with zero attached hydrogens (tertiary/aromatic N) is 1. The summed E-state index contributed by atoms with van der Waals surface area (Å²) >= 11 is 0. The summed E-state index contributed by atoms with van der Waals surface area (Å²) in [6, 6.07) is 0. The summed E-state index contributed by atoms with van der Waals surface area (Å²) in [5, 5.41) is 11.0. The molecule has 1 saturated heterocycles. The first kappa shape index (κ1) is 9.28. The Hall–Kier alpha value is -0.810. The highest BCUT2D eigenvalue weighted by Gasteiger charge is 2.14. The number of hydrogen-bond donors (Lipinski definition) is 2. The molecule has 0 amide bonds. The van der Waals surface area contributed by atoms with E-state index in [0.29, 0.717) is 0 Å². The van der Waals surface area contributed by atoms with Gasteiger partial charge in [-0.05, 0) is 12.8 Å². The lowest BCUT2D eigenvalue weighted by Crippen LogP contribution is -2.28. The average Bonchev–Trinajstić information content (AvgIpc) is 2.16. The van der Waals surface area contributed by atoms with E-state index >= 15 is 0 Å². The van der Waals surface area contributed by atoms with Crippen LogP contribution in [0, 0.1) is 0 Å². The van der Waals surface area contributed by atoms with Crippen molar-refractivity contribution in [3.05, 3.63) is 0 Å². The van der Waals surface area contributed by atoms with Crippen LogP contribution in [-0.2, 0) is 9.47 Å². The highest BCUT2D eigenvalue weighted by Crippen LogP contribution is 2.09. The summed E-state index contributed by atoms with van der Waals surface area (Å²) in [7, 11) is 0. The van der Waals surface area contributed by atoms with E-state index in [9.17, 15) is 0 Å². The largest absolute Gasteiger partial charge is 0.409 e. The highest BCUT2D eigenvalue weighted by atomic mass is 16.5. The molecular formula is C7H14N2O3. The molecule has 12 heavy (non-hydrogen) atoms. The van der Waals surface area contributed by atoms with Gasteiger partial charge in [-0.15, -0.1) is 0 Å². The van der Waals surface area contributed by atoms with E-state index in [1.54, 1.807) is 0 Å². The monoisotopic (exact) mass is 174 g/mol. The van der Waals surface area contributed by atoms with Crippen LogP contribution in [0.25, 0.3) is 0 Å². The van der Waals surface area contributed by atoms with Crippen molar-refractivity contribution in [2.24, 2.45) is 10.9 Å². The van der Waals surface area contributed by atoms with Gasteiger partial charge in [-0.3, -0.25) is 0 Å². The zero-order valence-electron chi connectivity index (χ0n) is 6.90. The van der Waals surface area contributed by atoms with Crippen molar-refractivity contribution in [2.45, 2.75) is 18.9 Å². The molecule has 0 radical (unpaired) electrons. The zero-order valence-corrected chi connectivity index (χ0v) is 6.90. The number of oxime groups is 1. The topological polar surface area (TPSA) is 77.1 Å². The van der Waals surface area contributed by atoms with Gasteiger partial charge < -0.3 is 20.4 Å². The second-order valence-corrected chi connectivity index (χ2v) is 2.71. The van der Waals surface area contributed by atoms with Gasteiger partial charge in [-0.2, -0.15) is 0 Å². The lowest BCUT2D eigenvalue weighted by atomic mass is 10.2. The molecule has 1 fully saturated rings. The van der Waals surface area contributed by atoms with Crippen LogP contribution >= 0.6 is 0 Å². The zero-order chi connectivity index (χ0) is 8.81. The molecule has 1 heterocycles. The molecule has 0 spiro atoms. The van der Waals surface area contributed by atoms with Crippen molar-refractivity contribution >= 4 is 5.84 Å². The quantitative estimate of drug-likeness (QED) is 0.272. The minimum absolute atomic E-state index is 0.112. The molecule has 0 unspecified atom stereocenters. The van der Waals surface area contributed by atoms with Crippen LogP contribution in [0.15, 0.2) is 5.16 Å². The Morgan fingerprint density at radius 1 is 1.58 bits per heavy atom. The van der Waals surface area contributed by atoms with Gasteiger partial charge in [0.2, 0.25) is 0 Å². The molecule has 0 aliphatic carbocycles. The average molecular weight is 174 g/mol. The summed E-state index contributed by atoms with van der Waals surface area (Å²) in [6.45, 7) is 1.67. The number of amidine groups is 1. The van der Waals surface area contributed by atoms with Crippen LogP contribution in [0.5, 0.6) is 0 Å². The smallest absolute Gasteiger partial charge is 0.165 e. The Bertz CT molecular complexity index is 155. The summed E-state index contributed by atoms with van der Waals surface area (Å²) in [4.78, 5) is 0. The Kier molecular flexibility index (Phi) is 3.83. The molecule has 70 valence electrons. The Morgan fingerprint density at radius 3 is 2.83 bits per heavy atom. The van der Waals surface area contributed by atoms with Crippen LogP contribution in [0.1, 0.15) is 12.8 Å². The Labute approximate surface area is 71.1 Å². The number of rotatable bonds is 3. The fourth-order valence-corrected chi connectivity index (χ4v) is 1.07. The third-order valence-electron chi connectivity index (χ3n) is 1.76. The standard InChI is InChI=1S/C7H14N2O3/c8-7(9-10)5-12-6-1-3-11-4-2-6/h6,10H,1-5H2,(H2,8,9). The third-order valence-corrected chi connectivity index (χ3v) is 1.76. The van der Waals surface area contributed by atoms with Crippen LogP contribution in [0.2, 0.25) is 0 Å². The first-order valence-corrected chi connectivity index (χ1v) is 3.98. The molecule has 0 saturated carbocycles. The molecule has 5 nitrogen and oxygen atoms in total. The molecule has 0 aromatic carbocycles. The first-order valence-electron chi connectivity index (χ1n) is 3.98. The number of ether oxygens (including phenoxy) is 2. The van der Waals surface area contributed by atoms with Crippen molar-refractivity contribution in [3.63, 3.8) is 0 Å². The molecule has 1 rings (SSSR count). The van der Waals surface area contributed by atoms with Crippen molar-refractivity contribution in [2.75, 3.05) is 19.8 Å². The molecule has 0 aromatic heterocycles. The minimum atomic E-state index is 0.112. The summed E-state index contributed by atoms with van der Waals surface area (Å²) < 4.78 is 10.5. The van der Waals surface area contributed by atoms with E-state index in [4.69, 9.17) is 20.4 Å². The van der Waals surface area contributed by atoms with Crippen LogP contribution < -0.4 is 5.73 Å². The molecule has 0 atom stereocenters. The maximum atomic E-state index is 8.22. The van der Waals surface area contributed by atoms with Gasteiger partial charge in [0.15, 0.2) is 5.84 Å². The van der Waals surface area contributed by atoms with E-state index in [-0.39, 0.29) is 18.5 Å². The molecule has 5 heteroatoms. The Balaban J connectivity index is 2.13. The van der Waals surface area contributed by atoms with Crippen molar-refractivity contribution in [3.8, 4) is 0 Å². The summed E-state index contributed by atoms with van der Waals surface area (Å²) in [6.07, 6.45) is 1.97. The molecule has 1 aliphatic heterocycles. The van der Waals surface area contributed by atoms with Gasteiger partial charge in [0.1, 0.15) is 6.61 Å². The van der Waals surface area contributed by atoms with Gasteiger partial charge in [-0.25, -0.2) is 0 Å². The first-order chi connectivity index (χ1) is 5.83. The van der Waals surface area contributed by atoms with E-state index in [1.807, 2.05) is 0 Å². The predicted molar refractivity (Wildman–Crippen MR) is 43.2 cm³/mol. The van der Waals surface area contributed by atoms with E-state index in [0.717, 1.165) is 26.1 Å². The van der Waals surface area contributed by atoms with Gasteiger partial charge in [0, 0.05) is 13.2 Å². The normalized spacial score (nSPS) is 21.2. The second-order valence-electron chi connectivity index (χ2n) is 2.71. The highest BCUT2D eigenvalue weighted by molar-refractivity contribution is 5.80. The minimum Gasteiger partial charge on any atom is -0.409 e. The summed E-state index contributed by atoms with van der Waals surface area (Å²) in [5.41, 5.74) is 5.23. The van der Waals surface area contributed by atoms with Gasteiger partial charge >= 0.3 is 0 Å². The maximum absolute atomic E-state index is 8.22. The van der Waals surface area contributed by atoms with E-state index < -0.39 is 0 Å². The molecular weight excluding hydrogens is 160 g/mol. The van der Waals surface area contributed by atoms with E-state index in [2.05, 4.69) is 5.16 Å². The summed E-state index contributed by atoms with van der Waals surface area (Å²) in [5.74, 6) is 0.112. The molecule has 0 aromatic rings. The van der Waals surface area contributed by atoms with Crippen molar-refractivity contribution < 1.29 is 14.7 Å². The predicted octanol–water partition coefficient (Wildman–Crippen LogP) is -0.0716. The lowest BCUT2D eigenvalue weighted by Gasteiger charge is -2.21. The SMILES string of the molecule is N/C(COC1CCOCC1)=N/O. The van der Waals surface area contributed by atoms with Crippen LogP contribution in [0.3, 0.4) is 0 Å². The van der Waals surface area contributed by atoms with Gasteiger partial charge in [0.05, 0.1) is 6.10 Å². The van der Waals surface area contributed by atoms with E-state index in [1.165, 1.54) is 0 Å². The van der Waals surface area contributed by atoms with Crippen LogP contribution in [-0.4, -0.2) is 37.0 Å². The van der Waals surface area contributed by atoms with Crippen molar-refractivity contribution in [1.29, 1.82) is 0 Å². The molecule has 1 aliphatic rings.